The van der Waals surface area contributed by atoms with Crippen molar-refractivity contribution in [2.24, 2.45) is 0 Å². The minimum atomic E-state index is -0.782. The zero-order chi connectivity index (χ0) is 54.3. The van der Waals surface area contributed by atoms with E-state index < -0.39 is 6.10 Å². The highest BCUT2D eigenvalue weighted by atomic mass is 16.6. The van der Waals surface area contributed by atoms with E-state index in [0.717, 1.165) is 116 Å². The fraction of sp³-hybridized carbons (Fsp3) is 0.783. The van der Waals surface area contributed by atoms with Gasteiger partial charge < -0.3 is 14.2 Å². The van der Waals surface area contributed by atoms with E-state index in [-0.39, 0.29) is 31.1 Å². The van der Waals surface area contributed by atoms with Gasteiger partial charge in [-0.25, -0.2) is 0 Å². The maximum Gasteiger partial charge on any atom is 0.306 e. The molecule has 6 heteroatoms. The molecule has 0 aliphatic heterocycles. The summed E-state index contributed by atoms with van der Waals surface area (Å²) in [7, 11) is 0. The molecule has 0 aromatic heterocycles. The summed E-state index contributed by atoms with van der Waals surface area (Å²) < 4.78 is 16.8. The second-order valence-corrected chi connectivity index (χ2v) is 21.6. The summed E-state index contributed by atoms with van der Waals surface area (Å²) in [6.07, 6.45) is 82.6. The number of carbonyl (C=O) groups excluding carboxylic acids is 3. The van der Waals surface area contributed by atoms with Crippen LogP contribution in [0.15, 0.2) is 72.9 Å². The van der Waals surface area contributed by atoms with Gasteiger partial charge >= 0.3 is 17.9 Å². The number of hydrogen-bond acceptors (Lipinski definition) is 6. The maximum absolute atomic E-state index is 12.8. The first kappa shape index (κ1) is 71.8. The molecular formula is C69H122O6. The highest BCUT2D eigenvalue weighted by Crippen LogP contribution is 2.17. The largest absolute Gasteiger partial charge is 0.462 e. The van der Waals surface area contributed by atoms with Gasteiger partial charge in [-0.05, 0) is 89.9 Å². The molecule has 0 heterocycles. The van der Waals surface area contributed by atoms with Crippen LogP contribution in [0.2, 0.25) is 0 Å². The third-order valence-corrected chi connectivity index (χ3v) is 14.2. The summed E-state index contributed by atoms with van der Waals surface area (Å²) >= 11 is 0. The minimum absolute atomic E-state index is 0.0811. The van der Waals surface area contributed by atoms with E-state index in [1.807, 2.05) is 0 Å². The van der Waals surface area contributed by atoms with Gasteiger partial charge in [0.1, 0.15) is 13.2 Å². The molecule has 75 heavy (non-hydrogen) atoms. The van der Waals surface area contributed by atoms with Gasteiger partial charge in [-0.2, -0.15) is 0 Å². The fourth-order valence-electron chi connectivity index (χ4n) is 9.35. The molecule has 0 radical (unpaired) electrons. The lowest BCUT2D eigenvalue weighted by Gasteiger charge is -2.18. The van der Waals surface area contributed by atoms with Gasteiger partial charge in [0, 0.05) is 19.3 Å². The molecule has 434 valence electrons. The van der Waals surface area contributed by atoms with Crippen LogP contribution in [0.3, 0.4) is 0 Å². The Bertz CT molecular complexity index is 1390. The number of unbranched alkanes of at least 4 members (excludes halogenated alkanes) is 36. The molecule has 1 atom stereocenters. The van der Waals surface area contributed by atoms with Crippen molar-refractivity contribution < 1.29 is 28.6 Å². The summed E-state index contributed by atoms with van der Waals surface area (Å²) in [4.78, 5) is 37.9. The Hall–Kier alpha value is -3.15. The Labute approximate surface area is 465 Å². The molecular weight excluding hydrogens is 925 g/mol. The van der Waals surface area contributed by atoms with Crippen LogP contribution in [0.5, 0.6) is 0 Å². The predicted octanol–water partition coefficient (Wildman–Crippen LogP) is 22.1. The van der Waals surface area contributed by atoms with Gasteiger partial charge in [-0.3, -0.25) is 14.4 Å². The van der Waals surface area contributed by atoms with E-state index in [2.05, 4.69) is 93.7 Å². The second-order valence-electron chi connectivity index (χ2n) is 21.6. The zero-order valence-corrected chi connectivity index (χ0v) is 49.8. The van der Waals surface area contributed by atoms with Crippen molar-refractivity contribution in [3.05, 3.63) is 72.9 Å². The number of hydrogen-bond donors (Lipinski definition) is 0. The average Bonchev–Trinajstić information content (AvgIpc) is 3.41. The molecule has 1 unspecified atom stereocenters. The van der Waals surface area contributed by atoms with Crippen molar-refractivity contribution >= 4 is 17.9 Å². The summed E-state index contributed by atoms with van der Waals surface area (Å²) in [6, 6.07) is 0. The molecule has 0 bridgehead atoms. The molecule has 0 aliphatic rings. The molecule has 0 aliphatic carbocycles. The van der Waals surface area contributed by atoms with E-state index in [1.165, 1.54) is 173 Å². The van der Waals surface area contributed by atoms with Crippen LogP contribution < -0.4 is 0 Å². The summed E-state index contributed by atoms with van der Waals surface area (Å²) in [5.74, 6) is -0.903. The minimum Gasteiger partial charge on any atom is -0.462 e. The normalized spacial score (nSPS) is 12.5. The number of rotatable bonds is 59. The average molecular weight is 1050 g/mol. The van der Waals surface area contributed by atoms with Crippen molar-refractivity contribution in [3.8, 4) is 0 Å². The van der Waals surface area contributed by atoms with E-state index in [1.54, 1.807) is 0 Å². The molecule has 0 aromatic rings. The Morgan fingerprint density at radius 1 is 0.280 bits per heavy atom. The van der Waals surface area contributed by atoms with Crippen molar-refractivity contribution in [1.82, 2.24) is 0 Å². The van der Waals surface area contributed by atoms with Crippen molar-refractivity contribution in [3.63, 3.8) is 0 Å². The number of carbonyl (C=O) groups is 3. The molecule has 0 aromatic carbocycles. The Balaban J connectivity index is 3.99. The molecule has 0 saturated carbocycles. The Morgan fingerprint density at radius 2 is 0.520 bits per heavy atom. The maximum atomic E-state index is 12.8. The highest BCUT2D eigenvalue weighted by Gasteiger charge is 2.19. The first-order valence-electron chi connectivity index (χ1n) is 32.4. The monoisotopic (exact) mass is 1050 g/mol. The van der Waals surface area contributed by atoms with Crippen molar-refractivity contribution in [2.45, 2.75) is 335 Å². The van der Waals surface area contributed by atoms with Crippen LogP contribution in [0.4, 0.5) is 0 Å². The molecule has 0 rings (SSSR count). The van der Waals surface area contributed by atoms with E-state index in [9.17, 15) is 14.4 Å². The van der Waals surface area contributed by atoms with E-state index >= 15 is 0 Å². The Kier molecular flexibility index (Phi) is 60.7. The van der Waals surface area contributed by atoms with Gasteiger partial charge in [-0.1, -0.05) is 293 Å². The topological polar surface area (TPSA) is 78.9 Å². The lowest BCUT2D eigenvalue weighted by molar-refractivity contribution is -0.167. The first-order valence-corrected chi connectivity index (χ1v) is 32.4. The van der Waals surface area contributed by atoms with Crippen LogP contribution in [0, 0.1) is 0 Å². The third kappa shape index (κ3) is 61.6. The van der Waals surface area contributed by atoms with Gasteiger partial charge in [0.25, 0.3) is 0 Å². The van der Waals surface area contributed by atoms with E-state index in [0.29, 0.717) is 19.3 Å². The second kappa shape index (κ2) is 63.4. The van der Waals surface area contributed by atoms with Crippen LogP contribution in [0.25, 0.3) is 0 Å². The van der Waals surface area contributed by atoms with Gasteiger partial charge in [0.15, 0.2) is 6.10 Å². The molecule has 0 amide bonds. The quantitative estimate of drug-likeness (QED) is 0.0261. The molecule has 0 N–H and O–H groups in total. The van der Waals surface area contributed by atoms with Crippen molar-refractivity contribution in [1.29, 1.82) is 0 Å². The summed E-state index contributed by atoms with van der Waals surface area (Å²) in [5, 5.41) is 0. The lowest BCUT2D eigenvalue weighted by Crippen LogP contribution is -2.30. The van der Waals surface area contributed by atoms with Crippen LogP contribution >= 0.6 is 0 Å². The zero-order valence-electron chi connectivity index (χ0n) is 49.8. The molecule has 0 spiro atoms. The standard InChI is InChI=1S/C69H122O6/c1-4-7-10-13-15-17-19-21-23-25-27-29-30-31-32-33-34-35-36-37-38-40-41-43-45-47-49-51-53-56-59-62-68(71)74-65-66(64-73-67(70)61-58-55-12-9-6-3)75-69(72)63-60-57-54-52-50-48-46-44-42-39-28-26-24-22-20-18-16-14-11-8-5-2/h8,11,16,18,22,24-25,27-28,39,44,46,66H,4-7,9-10,12-15,17,19-21,23,26,29-38,40-43,45,47-65H2,1-3H3/b11-8-,18-16-,24-22-,27-25-,39-28-,46-44-. The summed E-state index contributed by atoms with van der Waals surface area (Å²) in [6.45, 7) is 6.46. The fourth-order valence-corrected chi connectivity index (χ4v) is 9.35. The van der Waals surface area contributed by atoms with Gasteiger partial charge in [-0.15, -0.1) is 0 Å². The highest BCUT2D eigenvalue weighted by molar-refractivity contribution is 5.71. The van der Waals surface area contributed by atoms with Crippen molar-refractivity contribution in [2.75, 3.05) is 13.2 Å². The van der Waals surface area contributed by atoms with Crippen LogP contribution in [-0.2, 0) is 28.6 Å². The molecule has 6 nitrogen and oxygen atoms in total. The number of ether oxygens (including phenoxy) is 3. The van der Waals surface area contributed by atoms with Crippen LogP contribution in [0.1, 0.15) is 329 Å². The predicted molar refractivity (Wildman–Crippen MR) is 325 cm³/mol. The van der Waals surface area contributed by atoms with Gasteiger partial charge in [0.05, 0.1) is 0 Å². The molecule has 0 saturated heterocycles. The molecule has 0 fully saturated rings. The van der Waals surface area contributed by atoms with Gasteiger partial charge in [0.2, 0.25) is 0 Å². The van der Waals surface area contributed by atoms with Crippen LogP contribution in [-0.4, -0.2) is 37.2 Å². The summed E-state index contributed by atoms with van der Waals surface area (Å²) in [5.41, 5.74) is 0. The van der Waals surface area contributed by atoms with E-state index in [4.69, 9.17) is 14.2 Å². The smallest absolute Gasteiger partial charge is 0.306 e. The Morgan fingerprint density at radius 3 is 0.827 bits per heavy atom. The third-order valence-electron chi connectivity index (χ3n) is 14.2. The lowest BCUT2D eigenvalue weighted by atomic mass is 10.0. The number of esters is 3. The SMILES string of the molecule is CC/C=C\C/C=C\C/C=C\C/C=C\C/C=C\CCCCCCCC(=O)OC(COC(=O)CCCCCCC)COC(=O)CCCCCCCCCCCCCCCCCCCCC/C=C\CCCCCCCCCC. The number of allylic oxidation sites excluding steroid dienone is 12. The first-order chi connectivity index (χ1) is 37.0.